The molecule has 3 heteroatoms. The van der Waals surface area contributed by atoms with E-state index < -0.39 is 0 Å². The molecule has 1 heterocycles. The van der Waals surface area contributed by atoms with Crippen molar-refractivity contribution in [2.24, 2.45) is 0 Å². The zero-order valence-electron chi connectivity index (χ0n) is 12.4. The summed E-state index contributed by atoms with van der Waals surface area (Å²) in [7, 11) is 0. The van der Waals surface area contributed by atoms with Gasteiger partial charge in [-0.3, -0.25) is 4.68 Å². The number of aromatic nitrogens is 2. The van der Waals surface area contributed by atoms with Gasteiger partial charge in [0.2, 0.25) is 0 Å². The van der Waals surface area contributed by atoms with Gasteiger partial charge < -0.3 is 5.32 Å². The van der Waals surface area contributed by atoms with Crippen molar-refractivity contribution in [3.05, 3.63) is 47.3 Å². The molecule has 0 unspecified atom stereocenters. The molecule has 0 amide bonds. The van der Waals surface area contributed by atoms with Crippen LogP contribution in [0.25, 0.3) is 0 Å². The van der Waals surface area contributed by atoms with E-state index in [2.05, 4.69) is 48.7 Å². The molecule has 0 bridgehead atoms. The summed E-state index contributed by atoms with van der Waals surface area (Å²) in [6, 6.07) is 7.07. The molecule has 2 aromatic rings. The standard InChI is InChI=1S/C17H23N3/c1-13(2)20-12-14(11-19-20)10-18-17-9-5-7-15-6-3-4-8-16(15)17/h5,7,9,11-13,18H,3-4,6,8,10H2,1-2H3. The van der Waals surface area contributed by atoms with Crippen LogP contribution < -0.4 is 5.32 Å². The Balaban J connectivity index is 1.71. The monoisotopic (exact) mass is 269 g/mol. The molecule has 0 fully saturated rings. The van der Waals surface area contributed by atoms with Crippen LogP contribution in [0.15, 0.2) is 30.6 Å². The number of fused-ring (bicyclic) bond motifs is 1. The van der Waals surface area contributed by atoms with Gasteiger partial charge in [-0.05, 0) is 56.7 Å². The third-order valence-corrected chi connectivity index (χ3v) is 4.06. The quantitative estimate of drug-likeness (QED) is 0.910. The number of benzene rings is 1. The molecule has 3 rings (SSSR count). The third-order valence-electron chi connectivity index (χ3n) is 4.06. The molecular formula is C17H23N3. The highest BCUT2D eigenvalue weighted by Crippen LogP contribution is 2.28. The molecule has 0 saturated carbocycles. The first-order valence-corrected chi connectivity index (χ1v) is 7.61. The molecule has 0 atom stereocenters. The molecule has 1 N–H and O–H groups in total. The predicted molar refractivity (Wildman–Crippen MR) is 83.0 cm³/mol. The van der Waals surface area contributed by atoms with Crippen LogP contribution in [0.5, 0.6) is 0 Å². The summed E-state index contributed by atoms with van der Waals surface area (Å²) in [6.07, 6.45) is 9.18. The second kappa shape index (κ2) is 5.70. The van der Waals surface area contributed by atoms with Crippen LogP contribution in [0.4, 0.5) is 5.69 Å². The molecule has 3 nitrogen and oxygen atoms in total. The first-order chi connectivity index (χ1) is 9.74. The Labute approximate surface area is 121 Å². The number of nitrogens with one attached hydrogen (secondary N) is 1. The Kier molecular flexibility index (Phi) is 3.77. The number of hydrogen-bond acceptors (Lipinski definition) is 2. The van der Waals surface area contributed by atoms with Gasteiger partial charge in [-0.1, -0.05) is 12.1 Å². The smallest absolute Gasteiger partial charge is 0.0539 e. The van der Waals surface area contributed by atoms with Gasteiger partial charge in [-0.2, -0.15) is 5.10 Å². The van der Waals surface area contributed by atoms with Crippen molar-refractivity contribution in [2.45, 2.75) is 52.1 Å². The zero-order valence-corrected chi connectivity index (χ0v) is 12.4. The lowest BCUT2D eigenvalue weighted by Gasteiger charge is -2.20. The van der Waals surface area contributed by atoms with E-state index in [1.54, 1.807) is 0 Å². The van der Waals surface area contributed by atoms with E-state index in [4.69, 9.17) is 0 Å². The highest BCUT2D eigenvalue weighted by atomic mass is 15.3. The molecule has 0 spiro atoms. The van der Waals surface area contributed by atoms with Crippen LogP contribution in [0.3, 0.4) is 0 Å². The Morgan fingerprint density at radius 1 is 1.25 bits per heavy atom. The maximum Gasteiger partial charge on any atom is 0.0539 e. The second-order valence-electron chi connectivity index (χ2n) is 5.93. The fourth-order valence-corrected chi connectivity index (χ4v) is 2.90. The van der Waals surface area contributed by atoms with Crippen molar-refractivity contribution in [3.8, 4) is 0 Å². The van der Waals surface area contributed by atoms with Crippen molar-refractivity contribution in [3.63, 3.8) is 0 Å². The molecule has 0 saturated heterocycles. The van der Waals surface area contributed by atoms with Gasteiger partial charge in [0, 0.05) is 30.0 Å². The fourth-order valence-electron chi connectivity index (χ4n) is 2.90. The average molecular weight is 269 g/mol. The summed E-state index contributed by atoms with van der Waals surface area (Å²) in [5, 5.41) is 7.98. The van der Waals surface area contributed by atoms with E-state index in [9.17, 15) is 0 Å². The van der Waals surface area contributed by atoms with Gasteiger partial charge in [0.15, 0.2) is 0 Å². The minimum atomic E-state index is 0.424. The summed E-state index contributed by atoms with van der Waals surface area (Å²) in [5.74, 6) is 0. The first kappa shape index (κ1) is 13.2. The van der Waals surface area contributed by atoms with Crippen LogP contribution in [-0.2, 0) is 19.4 Å². The summed E-state index contributed by atoms with van der Waals surface area (Å²) >= 11 is 0. The Bertz CT molecular complexity index is 584. The molecule has 106 valence electrons. The molecule has 1 aromatic heterocycles. The number of hydrogen-bond donors (Lipinski definition) is 1. The summed E-state index contributed by atoms with van der Waals surface area (Å²) in [5.41, 5.74) is 5.60. The lowest BCUT2D eigenvalue weighted by molar-refractivity contribution is 0.532. The number of rotatable bonds is 4. The van der Waals surface area contributed by atoms with Crippen LogP contribution in [0, 0.1) is 0 Å². The molecule has 0 radical (unpaired) electrons. The summed E-state index contributed by atoms with van der Waals surface area (Å²) in [4.78, 5) is 0. The average Bonchev–Trinajstić information content (AvgIpc) is 2.94. The van der Waals surface area contributed by atoms with Gasteiger partial charge in [-0.25, -0.2) is 0 Å². The van der Waals surface area contributed by atoms with Crippen molar-refractivity contribution >= 4 is 5.69 Å². The van der Waals surface area contributed by atoms with Crippen molar-refractivity contribution in [1.29, 1.82) is 0 Å². The Morgan fingerprint density at radius 2 is 2.10 bits per heavy atom. The lowest BCUT2D eigenvalue weighted by Crippen LogP contribution is -2.08. The highest BCUT2D eigenvalue weighted by molar-refractivity contribution is 5.55. The van der Waals surface area contributed by atoms with Gasteiger partial charge in [-0.15, -0.1) is 0 Å². The van der Waals surface area contributed by atoms with E-state index in [0.717, 1.165) is 6.54 Å². The minimum Gasteiger partial charge on any atom is -0.381 e. The van der Waals surface area contributed by atoms with Crippen LogP contribution in [0.1, 0.15) is 49.4 Å². The number of nitrogens with zero attached hydrogens (tertiary/aromatic N) is 2. The SMILES string of the molecule is CC(C)n1cc(CNc2cccc3c2CCCC3)cn1. The maximum absolute atomic E-state index is 4.39. The van der Waals surface area contributed by atoms with Crippen molar-refractivity contribution in [1.82, 2.24) is 9.78 Å². The van der Waals surface area contributed by atoms with E-state index in [-0.39, 0.29) is 0 Å². The molecule has 1 aromatic carbocycles. The van der Waals surface area contributed by atoms with Crippen LogP contribution in [-0.4, -0.2) is 9.78 Å². The van der Waals surface area contributed by atoms with E-state index in [1.807, 2.05) is 10.9 Å². The highest BCUT2D eigenvalue weighted by Gasteiger charge is 2.12. The summed E-state index contributed by atoms with van der Waals surface area (Å²) < 4.78 is 2.01. The molecular weight excluding hydrogens is 246 g/mol. The Hall–Kier alpha value is -1.77. The fraction of sp³-hybridized carbons (Fsp3) is 0.471. The maximum atomic E-state index is 4.39. The lowest BCUT2D eigenvalue weighted by atomic mass is 9.90. The summed E-state index contributed by atoms with van der Waals surface area (Å²) in [6.45, 7) is 5.15. The van der Waals surface area contributed by atoms with Crippen LogP contribution in [0.2, 0.25) is 0 Å². The third kappa shape index (κ3) is 2.72. The number of aryl methyl sites for hydroxylation is 1. The van der Waals surface area contributed by atoms with Crippen molar-refractivity contribution in [2.75, 3.05) is 5.32 Å². The molecule has 20 heavy (non-hydrogen) atoms. The second-order valence-corrected chi connectivity index (χ2v) is 5.93. The van der Waals surface area contributed by atoms with Gasteiger partial charge in [0.05, 0.1) is 6.20 Å². The van der Waals surface area contributed by atoms with Crippen molar-refractivity contribution < 1.29 is 0 Å². The van der Waals surface area contributed by atoms with Crippen LogP contribution >= 0.6 is 0 Å². The predicted octanol–water partition coefficient (Wildman–Crippen LogP) is 3.95. The Morgan fingerprint density at radius 3 is 2.90 bits per heavy atom. The largest absolute Gasteiger partial charge is 0.381 e. The first-order valence-electron chi connectivity index (χ1n) is 7.61. The van der Waals surface area contributed by atoms with E-state index >= 15 is 0 Å². The molecule has 1 aliphatic carbocycles. The molecule has 0 aliphatic heterocycles. The topological polar surface area (TPSA) is 29.9 Å². The van der Waals surface area contributed by atoms with Gasteiger partial charge in [0.25, 0.3) is 0 Å². The minimum absolute atomic E-state index is 0.424. The van der Waals surface area contributed by atoms with Gasteiger partial charge in [0.1, 0.15) is 0 Å². The zero-order chi connectivity index (χ0) is 13.9. The van der Waals surface area contributed by atoms with E-state index in [0.29, 0.717) is 6.04 Å². The molecule has 1 aliphatic rings. The van der Waals surface area contributed by atoms with Gasteiger partial charge >= 0.3 is 0 Å². The number of anilines is 1. The normalized spacial score (nSPS) is 14.3. The van der Waals surface area contributed by atoms with E-state index in [1.165, 1.54) is 48.1 Å².